The first-order chi connectivity index (χ1) is 11.4. The second-order valence-corrected chi connectivity index (χ2v) is 6.67. The zero-order chi connectivity index (χ0) is 17.7. The maximum absolute atomic E-state index is 12.5. The van der Waals surface area contributed by atoms with Gasteiger partial charge in [0.05, 0.1) is 11.6 Å². The van der Waals surface area contributed by atoms with E-state index < -0.39 is 12.0 Å². The van der Waals surface area contributed by atoms with Gasteiger partial charge in [-0.05, 0) is 30.9 Å². The maximum Gasteiger partial charge on any atom is 0.338 e. The first-order valence-corrected chi connectivity index (χ1v) is 9.05. The molecule has 6 nitrogen and oxygen atoms in total. The normalized spacial score (nSPS) is 17.2. The number of hydrogen-bond acceptors (Lipinski definition) is 5. The Morgan fingerprint density at radius 1 is 1.29 bits per heavy atom. The molecule has 2 amide bonds. The van der Waals surface area contributed by atoms with Gasteiger partial charge in [-0.2, -0.15) is 11.8 Å². The number of amides is 2. The Morgan fingerprint density at radius 3 is 2.54 bits per heavy atom. The summed E-state index contributed by atoms with van der Waals surface area (Å²) in [4.78, 5) is 26.3. The summed E-state index contributed by atoms with van der Waals surface area (Å²) in [6.45, 7) is 2.06. The van der Waals surface area contributed by atoms with Crippen LogP contribution in [-0.2, 0) is 9.53 Å². The van der Waals surface area contributed by atoms with E-state index in [0.29, 0.717) is 17.9 Å². The first kappa shape index (κ1) is 18.2. The third kappa shape index (κ3) is 4.23. The van der Waals surface area contributed by atoms with Crippen LogP contribution in [0, 0.1) is 0 Å². The number of ether oxygens (including phenoxy) is 1. The average Bonchev–Trinajstić information content (AvgIpc) is 2.54. The SMILES string of the molecule is CSCCOC(=O)C1=C(C)NC(=O)N[C@@H]1c1ccc(N(C)C)cc1. The van der Waals surface area contributed by atoms with E-state index in [1.807, 2.05) is 49.5 Å². The quantitative estimate of drug-likeness (QED) is 0.609. The molecule has 0 radical (unpaired) electrons. The minimum Gasteiger partial charge on any atom is -0.461 e. The molecular weight excluding hydrogens is 326 g/mol. The van der Waals surface area contributed by atoms with Crippen molar-refractivity contribution in [1.82, 2.24) is 10.6 Å². The lowest BCUT2D eigenvalue weighted by atomic mass is 9.95. The smallest absolute Gasteiger partial charge is 0.338 e. The Bertz CT molecular complexity index is 641. The highest BCUT2D eigenvalue weighted by atomic mass is 32.2. The lowest BCUT2D eigenvalue weighted by molar-refractivity contribution is -0.138. The zero-order valence-corrected chi connectivity index (χ0v) is 15.2. The maximum atomic E-state index is 12.5. The molecule has 2 N–H and O–H groups in total. The van der Waals surface area contributed by atoms with Gasteiger partial charge in [0.2, 0.25) is 0 Å². The number of nitrogens with one attached hydrogen (secondary N) is 2. The molecule has 0 fully saturated rings. The number of hydrogen-bond donors (Lipinski definition) is 2. The van der Waals surface area contributed by atoms with Gasteiger partial charge >= 0.3 is 12.0 Å². The Balaban J connectivity index is 2.28. The first-order valence-electron chi connectivity index (χ1n) is 7.65. The Hall–Kier alpha value is -2.15. The van der Waals surface area contributed by atoms with Crippen LogP contribution in [0.4, 0.5) is 10.5 Å². The number of allylic oxidation sites excluding steroid dienone is 1. The molecule has 0 unspecified atom stereocenters. The number of esters is 1. The number of anilines is 1. The second kappa shape index (κ2) is 8.10. The summed E-state index contributed by atoms with van der Waals surface area (Å²) >= 11 is 1.61. The summed E-state index contributed by atoms with van der Waals surface area (Å²) in [6.07, 6.45) is 1.95. The number of rotatable bonds is 6. The largest absolute Gasteiger partial charge is 0.461 e. The number of carbonyl (C=O) groups excluding carboxylic acids is 2. The monoisotopic (exact) mass is 349 g/mol. The van der Waals surface area contributed by atoms with Crippen LogP contribution in [-0.4, -0.2) is 44.7 Å². The van der Waals surface area contributed by atoms with Crippen LogP contribution in [0.3, 0.4) is 0 Å². The van der Waals surface area contributed by atoms with E-state index in [0.717, 1.165) is 17.0 Å². The predicted molar refractivity (Wildman–Crippen MR) is 97.2 cm³/mol. The van der Waals surface area contributed by atoms with Crippen LogP contribution >= 0.6 is 11.8 Å². The van der Waals surface area contributed by atoms with Crippen molar-refractivity contribution in [2.45, 2.75) is 13.0 Å². The van der Waals surface area contributed by atoms with Crippen LogP contribution in [0.15, 0.2) is 35.5 Å². The van der Waals surface area contributed by atoms with Crippen LogP contribution in [0.25, 0.3) is 0 Å². The lowest BCUT2D eigenvalue weighted by Gasteiger charge is -2.28. The fourth-order valence-corrected chi connectivity index (χ4v) is 2.72. The van der Waals surface area contributed by atoms with Crippen LogP contribution in [0.1, 0.15) is 18.5 Å². The molecule has 1 aliphatic rings. The van der Waals surface area contributed by atoms with Crippen molar-refractivity contribution in [3.05, 3.63) is 41.1 Å². The minimum atomic E-state index is -0.517. The van der Waals surface area contributed by atoms with Gasteiger partial charge in [0.25, 0.3) is 0 Å². The second-order valence-electron chi connectivity index (χ2n) is 5.68. The van der Waals surface area contributed by atoms with Crippen molar-refractivity contribution >= 4 is 29.4 Å². The van der Waals surface area contributed by atoms with E-state index in [2.05, 4.69) is 10.6 Å². The molecule has 0 saturated heterocycles. The lowest BCUT2D eigenvalue weighted by Crippen LogP contribution is -2.45. The van der Waals surface area contributed by atoms with Gasteiger partial charge in [-0.3, -0.25) is 0 Å². The third-order valence-corrected chi connectivity index (χ3v) is 4.33. The van der Waals surface area contributed by atoms with Crippen LogP contribution in [0.5, 0.6) is 0 Å². The standard InChI is InChI=1S/C17H23N3O3S/c1-11-14(16(21)23-9-10-24-4)15(19-17(22)18-11)12-5-7-13(8-6-12)20(2)3/h5-8,15H,9-10H2,1-4H3,(H2,18,19,22)/t15-/m1/s1. The molecule has 1 atom stereocenters. The summed E-state index contributed by atoms with van der Waals surface area (Å²) in [5, 5.41) is 5.45. The van der Waals surface area contributed by atoms with Gasteiger partial charge in [0.15, 0.2) is 0 Å². The van der Waals surface area contributed by atoms with Gasteiger partial charge in [-0.1, -0.05) is 12.1 Å². The van der Waals surface area contributed by atoms with E-state index in [1.54, 1.807) is 18.7 Å². The summed E-state index contributed by atoms with van der Waals surface area (Å²) in [7, 11) is 3.92. The third-order valence-electron chi connectivity index (χ3n) is 3.75. The van der Waals surface area contributed by atoms with Gasteiger partial charge in [-0.15, -0.1) is 0 Å². The van der Waals surface area contributed by atoms with E-state index in [-0.39, 0.29) is 6.03 Å². The summed E-state index contributed by atoms with van der Waals surface area (Å²) in [6, 6.07) is 6.89. The fraction of sp³-hybridized carbons (Fsp3) is 0.412. The molecule has 1 aromatic carbocycles. The van der Waals surface area contributed by atoms with Crippen LogP contribution in [0.2, 0.25) is 0 Å². The van der Waals surface area contributed by atoms with E-state index >= 15 is 0 Å². The zero-order valence-electron chi connectivity index (χ0n) is 14.4. The molecule has 0 aromatic heterocycles. The summed E-state index contributed by atoms with van der Waals surface area (Å²) in [5.74, 6) is 0.329. The molecule has 0 bridgehead atoms. The average molecular weight is 349 g/mol. The summed E-state index contributed by atoms with van der Waals surface area (Å²) in [5.41, 5.74) is 2.85. The van der Waals surface area contributed by atoms with Gasteiger partial charge in [-0.25, -0.2) is 9.59 Å². The van der Waals surface area contributed by atoms with Crippen molar-refractivity contribution < 1.29 is 14.3 Å². The van der Waals surface area contributed by atoms with Gasteiger partial charge < -0.3 is 20.3 Å². The highest BCUT2D eigenvalue weighted by Crippen LogP contribution is 2.28. The molecule has 0 spiro atoms. The molecule has 2 rings (SSSR count). The van der Waals surface area contributed by atoms with Crippen molar-refractivity contribution in [2.75, 3.05) is 37.6 Å². The number of thioether (sulfide) groups is 1. The molecule has 1 heterocycles. The number of urea groups is 1. The molecule has 7 heteroatoms. The summed E-state index contributed by atoms with van der Waals surface area (Å²) < 4.78 is 5.32. The van der Waals surface area contributed by atoms with Crippen molar-refractivity contribution in [3.63, 3.8) is 0 Å². The van der Waals surface area contributed by atoms with Gasteiger partial charge in [0.1, 0.15) is 6.61 Å². The van der Waals surface area contributed by atoms with E-state index in [9.17, 15) is 9.59 Å². The molecule has 0 aliphatic carbocycles. The minimum absolute atomic E-state index is 0.324. The molecule has 0 saturated carbocycles. The van der Waals surface area contributed by atoms with Crippen molar-refractivity contribution in [1.29, 1.82) is 0 Å². The predicted octanol–water partition coefficient (Wildman–Crippen LogP) is 2.29. The number of nitrogens with zero attached hydrogens (tertiary/aromatic N) is 1. The van der Waals surface area contributed by atoms with E-state index in [4.69, 9.17) is 4.74 Å². The van der Waals surface area contributed by atoms with E-state index in [1.165, 1.54) is 0 Å². The van der Waals surface area contributed by atoms with Crippen molar-refractivity contribution in [3.8, 4) is 0 Å². The van der Waals surface area contributed by atoms with Crippen molar-refractivity contribution in [2.24, 2.45) is 0 Å². The molecular formula is C17H23N3O3S. The number of carbonyl (C=O) groups is 2. The molecule has 24 heavy (non-hydrogen) atoms. The number of benzene rings is 1. The Kier molecular flexibility index (Phi) is 6.14. The molecule has 1 aliphatic heterocycles. The molecule has 130 valence electrons. The highest BCUT2D eigenvalue weighted by molar-refractivity contribution is 7.98. The fourth-order valence-electron chi connectivity index (χ4n) is 2.47. The van der Waals surface area contributed by atoms with Gasteiger partial charge in [0, 0.05) is 31.2 Å². The Morgan fingerprint density at radius 2 is 1.96 bits per heavy atom. The topological polar surface area (TPSA) is 70.7 Å². The molecule has 1 aromatic rings. The Labute approximate surface area is 146 Å². The highest BCUT2D eigenvalue weighted by Gasteiger charge is 2.32. The van der Waals surface area contributed by atoms with Crippen LogP contribution < -0.4 is 15.5 Å².